The van der Waals surface area contributed by atoms with Gasteiger partial charge in [0.2, 0.25) is 5.91 Å². The number of benzene rings is 3. The number of carboxylic acids is 1. The maximum Gasteiger partial charge on any atom is 0.305 e. The molecule has 0 aromatic heterocycles. The van der Waals surface area contributed by atoms with Crippen molar-refractivity contribution in [1.29, 1.82) is 5.41 Å². The fourth-order valence-electron chi connectivity index (χ4n) is 3.70. The van der Waals surface area contributed by atoms with E-state index in [1.54, 1.807) is 24.3 Å². The fourth-order valence-corrected chi connectivity index (χ4v) is 3.70. The average molecular weight is 474 g/mol. The first-order valence-corrected chi connectivity index (χ1v) is 11.6. The Labute approximate surface area is 205 Å². The van der Waals surface area contributed by atoms with Crippen LogP contribution in [0.3, 0.4) is 0 Å². The second kappa shape index (κ2) is 12.9. The van der Waals surface area contributed by atoms with Gasteiger partial charge >= 0.3 is 5.97 Å². The van der Waals surface area contributed by atoms with Gasteiger partial charge in [0.1, 0.15) is 18.2 Å². The molecule has 0 aliphatic heterocycles. The second-order valence-electron chi connectivity index (χ2n) is 8.38. The maximum atomic E-state index is 12.5. The zero-order valence-corrected chi connectivity index (χ0v) is 19.6. The topological polar surface area (TPSA) is 126 Å². The highest BCUT2D eigenvalue weighted by molar-refractivity contribution is 5.94. The van der Waals surface area contributed by atoms with Gasteiger partial charge in [0, 0.05) is 12.0 Å². The lowest BCUT2D eigenvalue weighted by Gasteiger charge is -2.18. The van der Waals surface area contributed by atoms with Crippen molar-refractivity contribution in [3.05, 3.63) is 101 Å². The van der Waals surface area contributed by atoms with Crippen LogP contribution in [0.1, 0.15) is 54.0 Å². The molecule has 0 aliphatic rings. The third kappa shape index (κ3) is 8.62. The van der Waals surface area contributed by atoms with Gasteiger partial charge in [-0.1, -0.05) is 66.7 Å². The first-order valence-electron chi connectivity index (χ1n) is 11.6. The number of aliphatic carboxylic acids is 1. The van der Waals surface area contributed by atoms with Gasteiger partial charge < -0.3 is 20.9 Å². The molecule has 0 spiro atoms. The molecular weight excluding hydrogens is 442 g/mol. The maximum absolute atomic E-state index is 12.5. The molecule has 3 aromatic carbocycles. The van der Waals surface area contributed by atoms with E-state index in [2.05, 4.69) is 5.32 Å². The van der Waals surface area contributed by atoms with Crippen molar-refractivity contribution in [1.82, 2.24) is 5.32 Å². The molecule has 7 nitrogen and oxygen atoms in total. The van der Waals surface area contributed by atoms with Crippen LogP contribution < -0.4 is 15.8 Å². The molecule has 0 heterocycles. The first kappa shape index (κ1) is 25.5. The van der Waals surface area contributed by atoms with Crippen LogP contribution >= 0.6 is 0 Å². The number of nitrogen functional groups attached to an aromatic ring is 1. The zero-order chi connectivity index (χ0) is 25.0. The smallest absolute Gasteiger partial charge is 0.305 e. The van der Waals surface area contributed by atoms with Crippen LogP contribution in [-0.2, 0) is 22.6 Å². The molecule has 7 heteroatoms. The zero-order valence-electron chi connectivity index (χ0n) is 19.6. The number of rotatable bonds is 13. The summed E-state index contributed by atoms with van der Waals surface area (Å²) in [7, 11) is 0. The summed E-state index contributed by atoms with van der Waals surface area (Å²) in [6, 6.07) is 23.9. The number of hydrogen-bond acceptors (Lipinski definition) is 4. The molecule has 1 unspecified atom stereocenters. The Morgan fingerprint density at radius 3 is 2.23 bits per heavy atom. The van der Waals surface area contributed by atoms with E-state index in [-0.39, 0.29) is 18.2 Å². The predicted molar refractivity (Wildman–Crippen MR) is 135 cm³/mol. The van der Waals surface area contributed by atoms with Crippen LogP contribution in [0.4, 0.5) is 0 Å². The van der Waals surface area contributed by atoms with E-state index < -0.39 is 12.0 Å². The van der Waals surface area contributed by atoms with Crippen LogP contribution in [0.2, 0.25) is 0 Å². The van der Waals surface area contributed by atoms with Crippen molar-refractivity contribution >= 4 is 17.7 Å². The van der Waals surface area contributed by atoms with Gasteiger partial charge in [-0.2, -0.15) is 0 Å². The van der Waals surface area contributed by atoms with E-state index >= 15 is 0 Å². The van der Waals surface area contributed by atoms with Gasteiger partial charge in [-0.25, -0.2) is 0 Å². The van der Waals surface area contributed by atoms with Crippen LogP contribution in [0.15, 0.2) is 78.9 Å². The van der Waals surface area contributed by atoms with Gasteiger partial charge in [-0.05, 0) is 48.1 Å². The molecule has 182 valence electrons. The molecule has 5 N–H and O–H groups in total. The average Bonchev–Trinajstić information content (AvgIpc) is 2.86. The summed E-state index contributed by atoms with van der Waals surface area (Å²) in [4.78, 5) is 23.9. The Hall–Kier alpha value is -4.13. The van der Waals surface area contributed by atoms with Crippen LogP contribution in [0.25, 0.3) is 0 Å². The molecule has 0 bridgehead atoms. The normalized spacial score (nSPS) is 11.4. The Morgan fingerprint density at radius 1 is 0.914 bits per heavy atom. The molecule has 0 aliphatic carbocycles. The molecule has 1 amide bonds. The Morgan fingerprint density at radius 2 is 1.60 bits per heavy atom. The fraction of sp³-hybridized carbons (Fsp3) is 0.250. The van der Waals surface area contributed by atoms with E-state index in [0.29, 0.717) is 30.8 Å². The largest absolute Gasteiger partial charge is 0.489 e. The van der Waals surface area contributed by atoms with E-state index in [1.807, 2.05) is 54.6 Å². The van der Waals surface area contributed by atoms with Gasteiger partial charge in [0.15, 0.2) is 0 Å². The molecule has 35 heavy (non-hydrogen) atoms. The summed E-state index contributed by atoms with van der Waals surface area (Å²) in [6.45, 7) is 0.441. The molecule has 1 atom stereocenters. The van der Waals surface area contributed by atoms with Crippen molar-refractivity contribution in [2.75, 3.05) is 0 Å². The first-order chi connectivity index (χ1) is 16.9. The van der Waals surface area contributed by atoms with E-state index in [0.717, 1.165) is 29.5 Å². The number of carboxylic acid groups (broad SMARTS) is 1. The number of nitrogens with one attached hydrogen (secondary N) is 2. The number of carbonyl (C=O) groups excluding carboxylic acids is 1. The van der Waals surface area contributed by atoms with Crippen molar-refractivity contribution < 1.29 is 19.4 Å². The molecule has 0 saturated heterocycles. The predicted octanol–water partition coefficient (Wildman–Crippen LogP) is 4.59. The number of ether oxygens (including phenoxy) is 1. The number of amides is 1. The van der Waals surface area contributed by atoms with Gasteiger partial charge in [-0.3, -0.25) is 15.0 Å². The van der Waals surface area contributed by atoms with E-state index in [9.17, 15) is 14.7 Å². The number of amidine groups is 1. The van der Waals surface area contributed by atoms with E-state index in [4.69, 9.17) is 15.9 Å². The summed E-state index contributed by atoms with van der Waals surface area (Å²) >= 11 is 0. The molecule has 0 fully saturated rings. The number of unbranched alkanes of at least 4 members (excludes halogenated alkanes) is 1. The Balaban J connectivity index is 1.47. The SMILES string of the molecule is N=C(N)c1ccc(CCCCC(=O)NC(CC(=O)O)c2ccc(OCc3ccccc3)cc2)cc1. The minimum atomic E-state index is -0.978. The quantitative estimate of drug-likeness (QED) is 0.164. The van der Waals surface area contributed by atoms with Crippen molar-refractivity contribution in [2.24, 2.45) is 5.73 Å². The molecule has 3 aromatic rings. The third-order valence-corrected chi connectivity index (χ3v) is 5.63. The Bertz CT molecular complexity index is 1110. The summed E-state index contributed by atoms with van der Waals surface area (Å²) in [5.74, 6) is -0.436. The summed E-state index contributed by atoms with van der Waals surface area (Å²) in [5, 5.41) is 19.6. The highest BCUT2D eigenvalue weighted by Gasteiger charge is 2.18. The molecule has 0 radical (unpaired) electrons. The van der Waals surface area contributed by atoms with E-state index in [1.165, 1.54) is 0 Å². The van der Waals surface area contributed by atoms with Crippen molar-refractivity contribution in [3.8, 4) is 5.75 Å². The lowest BCUT2D eigenvalue weighted by atomic mass is 10.0. The van der Waals surface area contributed by atoms with Crippen molar-refractivity contribution in [3.63, 3.8) is 0 Å². The van der Waals surface area contributed by atoms with Crippen LogP contribution in [-0.4, -0.2) is 22.8 Å². The van der Waals surface area contributed by atoms with Gasteiger partial charge in [0.05, 0.1) is 12.5 Å². The summed E-state index contributed by atoms with van der Waals surface area (Å²) < 4.78 is 5.79. The number of hydrogen-bond donors (Lipinski definition) is 4. The summed E-state index contributed by atoms with van der Waals surface area (Å²) in [5.41, 5.74) is 9.05. The van der Waals surface area contributed by atoms with Gasteiger partial charge in [-0.15, -0.1) is 0 Å². The van der Waals surface area contributed by atoms with Crippen LogP contribution in [0.5, 0.6) is 5.75 Å². The lowest BCUT2D eigenvalue weighted by molar-refractivity contribution is -0.137. The van der Waals surface area contributed by atoms with Crippen LogP contribution in [0, 0.1) is 5.41 Å². The third-order valence-electron chi connectivity index (χ3n) is 5.63. The molecule has 3 rings (SSSR count). The van der Waals surface area contributed by atoms with Gasteiger partial charge in [0.25, 0.3) is 0 Å². The highest BCUT2D eigenvalue weighted by Crippen LogP contribution is 2.22. The Kier molecular flexibility index (Phi) is 9.42. The van der Waals surface area contributed by atoms with Crippen molar-refractivity contribution in [2.45, 2.75) is 44.8 Å². The second-order valence-corrected chi connectivity index (χ2v) is 8.38. The molecule has 0 saturated carbocycles. The summed E-state index contributed by atoms with van der Waals surface area (Å²) in [6.07, 6.45) is 2.45. The molecular formula is C28H31N3O4. The minimum absolute atomic E-state index is 0.0403. The standard InChI is InChI=1S/C28H31N3O4/c29-28(30)23-12-10-20(11-13-23)6-4-5-9-26(32)31-25(18-27(33)34)22-14-16-24(17-15-22)35-19-21-7-2-1-3-8-21/h1-3,7-8,10-17,25H,4-6,9,18-19H2,(H3,29,30)(H,31,32)(H,33,34). The highest BCUT2D eigenvalue weighted by atomic mass is 16.5. The number of nitrogens with two attached hydrogens (primary N) is 1. The number of aryl methyl sites for hydroxylation is 1. The minimum Gasteiger partial charge on any atom is -0.489 e. The monoisotopic (exact) mass is 473 g/mol. The number of carbonyl (C=O) groups is 2. The lowest BCUT2D eigenvalue weighted by Crippen LogP contribution is -2.30.